The Morgan fingerprint density at radius 3 is 2.09 bits per heavy atom. The van der Waals surface area contributed by atoms with Gasteiger partial charge in [-0.25, -0.2) is 9.59 Å². The maximum Gasteiger partial charge on any atom is 0.337 e. The Bertz CT molecular complexity index is 1050. The van der Waals surface area contributed by atoms with Gasteiger partial charge in [0.2, 0.25) is 0 Å². The van der Waals surface area contributed by atoms with Gasteiger partial charge in [0.1, 0.15) is 11.5 Å². The molecule has 1 heterocycles. The molecule has 4 saturated carbocycles. The molecular formula is C27H33NO5. The summed E-state index contributed by atoms with van der Waals surface area (Å²) < 4.78 is 15.8. The molecule has 6 rings (SSSR count). The predicted octanol–water partition coefficient (Wildman–Crippen LogP) is 5.36. The Morgan fingerprint density at radius 1 is 0.939 bits per heavy atom. The van der Waals surface area contributed by atoms with Crippen LogP contribution in [-0.2, 0) is 16.0 Å². The second kappa shape index (κ2) is 7.73. The van der Waals surface area contributed by atoms with Crippen LogP contribution in [0.2, 0.25) is 0 Å². The van der Waals surface area contributed by atoms with E-state index in [4.69, 9.17) is 13.9 Å². The number of furan rings is 1. The number of benzene rings is 1. The minimum absolute atomic E-state index is 0.193. The zero-order chi connectivity index (χ0) is 23.4. The van der Waals surface area contributed by atoms with E-state index in [2.05, 4.69) is 19.2 Å². The lowest BCUT2D eigenvalue weighted by Gasteiger charge is -2.65. The lowest BCUT2D eigenvalue weighted by Crippen LogP contribution is -2.63. The van der Waals surface area contributed by atoms with E-state index in [1.165, 1.54) is 58.8 Å². The molecule has 1 aromatic carbocycles. The molecule has 1 aromatic heterocycles. The van der Waals surface area contributed by atoms with E-state index in [0.717, 1.165) is 11.7 Å². The van der Waals surface area contributed by atoms with Crippen molar-refractivity contribution in [2.45, 2.75) is 64.5 Å². The van der Waals surface area contributed by atoms with Crippen molar-refractivity contribution in [1.82, 2.24) is 5.32 Å². The SMILES string of the molecule is COC(=O)c1cc(C(=O)OC)cc(-c2ccc(CNC34CC5C[C@@](C)(C3)C[C@](C)(C5)C4)o2)c1. The van der Waals surface area contributed by atoms with Crippen molar-refractivity contribution in [3.63, 3.8) is 0 Å². The van der Waals surface area contributed by atoms with Gasteiger partial charge in [0.15, 0.2) is 0 Å². The highest BCUT2D eigenvalue weighted by Crippen LogP contribution is 2.66. The Labute approximate surface area is 195 Å². The smallest absolute Gasteiger partial charge is 0.337 e. The third kappa shape index (κ3) is 4.10. The predicted molar refractivity (Wildman–Crippen MR) is 124 cm³/mol. The number of esters is 2. The summed E-state index contributed by atoms with van der Waals surface area (Å²) in [5, 5.41) is 3.89. The van der Waals surface area contributed by atoms with Crippen molar-refractivity contribution in [3.05, 3.63) is 47.2 Å². The molecule has 4 fully saturated rings. The van der Waals surface area contributed by atoms with Crippen LogP contribution in [-0.4, -0.2) is 31.7 Å². The van der Waals surface area contributed by atoms with Crippen LogP contribution in [0, 0.1) is 16.7 Å². The van der Waals surface area contributed by atoms with Gasteiger partial charge in [-0.15, -0.1) is 0 Å². The summed E-state index contributed by atoms with van der Waals surface area (Å²) >= 11 is 0. The molecule has 0 amide bonds. The van der Waals surface area contributed by atoms with Crippen LogP contribution in [0.4, 0.5) is 0 Å². The van der Waals surface area contributed by atoms with E-state index in [9.17, 15) is 9.59 Å². The van der Waals surface area contributed by atoms with Crippen molar-refractivity contribution < 1.29 is 23.5 Å². The first-order valence-corrected chi connectivity index (χ1v) is 11.8. The first-order valence-electron chi connectivity index (χ1n) is 11.8. The summed E-state index contributed by atoms with van der Waals surface area (Å²) in [4.78, 5) is 24.2. The fourth-order valence-electron chi connectivity index (χ4n) is 7.79. The van der Waals surface area contributed by atoms with Crippen LogP contribution in [0.1, 0.15) is 78.8 Å². The Kier molecular flexibility index (Phi) is 5.20. The molecule has 1 N–H and O–H groups in total. The number of hydrogen-bond donors (Lipinski definition) is 1. The van der Waals surface area contributed by atoms with E-state index in [1.54, 1.807) is 12.1 Å². The Hall–Kier alpha value is -2.60. The van der Waals surface area contributed by atoms with E-state index in [-0.39, 0.29) is 16.7 Å². The van der Waals surface area contributed by atoms with Gasteiger partial charge in [-0.2, -0.15) is 0 Å². The number of carbonyl (C=O) groups excluding carboxylic acids is 2. The first-order chi connectivity index (χ1) is 15.6. The minimum atomic E-state index is -0.515. The maximum absolute atomic E-state index is 12.1. The number of ether oxygens (including phenoxy) is 2. The molecule has 4 aliphatic rings. The highest BCUT2D eigenvalue weighted by atomic mass is 16.5. The fourth-order valence-corrected chi connectivity index (χ4v) is 7.79. The van der Waals surface area contributed by atoms with Gasteiger partial charge in [0, 0.05) is 11.1 Å². The number of nitrogens with one attached hydrogen (secondary N) is 1. The zero-order valence-electron chi connectivity index (χ0n) is 20.0. The number of carbonyl (C=O) groups is 2. The van der Waals surface area contributed by atoms with Crippen LogP contribution in [0.5, 0.6) is 0 Å². The van der Waals surface area contributed by atoms with Crippen LogP contribution in [0.15, 0.2) is 34.7 Å². The highest BCUT2D eigenvalue weighted by Gasteiger charge is 2.59. The fraction of sp³-hybridized carbons (Fsp3) is 0.556. The van der Waals surface area contributed by atoms with Gasteiger partial charge in [-0.05, 0) is 85.6 Å². The van der Waals surface area contributed by atoms with E-state index in [0.29, 0.717) is 28.7 Å². The van der Waals surface area contributed by atoms with Crippen molar-refractivity contribution in [3.8, 4) is 11.3 Å². The molecule has 6 heteroatoms. The summed E-state index contributed by atoms with van der Waals surface area (Å²) in [6.45, 7) is 5.62. The molecule has 33 heavy (non-hydrogen) atoms. The number of hydrogen-bond acceptors (Lipinski definition) is 6. The van der Waals surface area contributed by atoms with Crippen molar-refractivity contribution in [2.24, 2.45) is 16.7 Å². The van der Waals surface area contributed by atoms with E-state index in [1.807, 2.05) is 12.1 Å². The molecule has 0 spiro atoms. The zero-order valence-corrected chi connectivity index (χ0v) is 20.0. The molecule has 0 aliphatic heterocycles. The molecule has 176 valence electrons. The average molecular weight is 452 g/mol. The molecule has 6 nitrogen and oxygen atoms in total. The number of rotatable bonds is 6. The van der Waals surface area contributed by atoms with Crippen LogP contribution in [0.3, 0.4) is 0 Å². The maximum atomic E-state index is 12.1. The molecular weight excluding hydrogens is 418 g/mol. The largest absolute Gasteiger partial charge is 0.465 e. The second-order valence-electron chi connectivity index (χ2n) is 11.3. The molecule has 0 saturated heterocycles. The summed E-state index contributed by atoms with van der Waals surface area (Å²) in [5.41, 5.74) is 2.29. The van der Waals surface area contributed by atoms with Crippen molar-refractivity contribution in [1.29, 1.82) is 0 Å². The summed E-state index contributed by atoms with van der Waals surface area (Å²) in [6.07, 6.45) is 7.83. The molecule has 4 bridgehead atoms. The van der Waals surface area contributed by atoms with Gasteiger partial charge in [0.05, 0.1) is 31.9 Å². The van der Waals surface area contributed by atoms with Crippen LogP contribution >= 0.6 is 0 Å². The topological polar surface area (TPSA) is 77.8 Å². The van der Waals surface area contributed by atoms with Gasteiger partial charge in [0.25, 0.3) is 0 Å². The monoisotopic (exact) mass is 451 g/mol. The van der Waals surface area contributed by atoms with Crippen molar-refractivity contribution >= 4 is 11.9 Å². The standard InChI is InChI=1S/C27H33NO5/c1-25-10-17-11-26(2,14-25)16-27(12-17,15-25)28-13-21-5-6-22(33-21)18-7-19(23(29)31-3)9-20(8-18)24(30)32-4/h5-9,17,28H,10-16H2,1-4H3/t17?,25-,26+,27?. The normalized spacial score (nSPS) is 32.1. The lowest BCUT2D eigenvalue weighted by atomic mass is 9.43. The highest BCUT2D eigenvalue weighted by molar-refractivity contribution is 5.97. The molecule has 0 radical (unpaired) electrons. The minimum Gasteiger partial charge on any atom is -0.465 e. The quantitative estimate of drug-likeness (QED) is 0.596. The Balaban J connectivity index is 1.36. The van der Waals surface area contributed by atoms with Gasteiger partial charge in [-0.1, -0.05) is 13.8 Å². The van der Waals surface area contributed by atoms with Gasteiger partial charge >= 0.3 is 11.9 Å². The molecule has 2 unspecified atom stereocenters. The van der Waals surface area contributed by atoms with Gasteiger partial charge in [-0.3, -0.25) is 0 Å². The van der Waals surface area contributed by atoms with E-state index >= 15 is 0 Å². The average Bonchev–Trinajstić information content (AvgIpc) is 3.23. The summed E-state index contributed by atoms with van der Waals surface area (Å²) in [7, 11) is 2.63. The Morgan fingerprint density at radius 2 is 1.55 bits per heavy atom. The summed E-state index contributed by atoms with van der Waals surface area (Å²) in [6, 6.07) is 8.68. The van der Waals surface area contributed by atoms with Crippen molar-refractivity contribution in [2.75, 3.05) is 14.2 Å². The van der Waals surface area contributed by atoms with Gasteiger partial charge < -0.3 is 19.2 Å². The van der Waals surface area contributed by atoms with Crippen LogP contribution < -0.4 is 5.32 Å². The van der Waals surface area contributed by atoms with Crippen LogP contribution in [0.25, 0.3) is 11.3 Å². The second-order valence-corrected chi connectivity index (χ2v) is 11.3. The van der Waals surface area contributed by atoms with E-state index < -0.39 is 11.9 Å². The first kappa shape index (κ1) is 22.2. The third-order valence-electron chi connectivity index (χ3n) is 7.99. The molecule has 4 atom stereocenters. The lowest BCUT2D eigenvalue weighted by molar-refractivity contribution is -0.118. The third-order valence-corrected chi connectivity index (χ3v) is 7.99. The molecule has 4 aliphatic carbocycles. The molecule has 2 aromatic rings. The number of methoxy groups -OCH3 is 2. The summed E-state index contributed by atoms with van der Waals surface area (Å²) in [5.74, 6) is 1.25.